The van der Waals surface area contributed by atoms with E-state index in [2.05, 4.69) is 48.9 Å². The molecule has 0 spiro atoms. The molecule has 3 aromatic carbocycles. The number of benzene rings is 3. The first kappa shape index (κ1) is 13.5. The molecule has 3 aromatic rings. The number of halogens is 2. The maximum atomic E-state index is 6.08. The van der Waals surface area contributed by atoms with Crippen LogP contribution in [-0.4, -0.2) is 0 Å². The summed E-state index contributed by atoms with van der Waals surface area (Å²) in [4.78, 5) is 2.20. The Balaban J connectivity index is 1.84. The van der Waals surface area contributed by atoms with E-state index < -0.39 is 0 Å². The maximum Gasteiger partial charge on any atom is 0.155 e. The van der Waals surface area contributed by atoms with Crippen LogP contribution in [-0.2, 0) is 0 Å². The minimum atomic E-state index is 0.793. The van der Waals surface area contributed by atoms with Crippen LogP contribution in [0.2, 0.25) is 0 Å². The Labute approximate surface area is 149 Å². The van der Waals surface area contributed by atoms with Crippen molar-refractivity contribution in [2.75, 3.05) is 4.90 Å². The van der Waals surface area contributed by atoms with E-state index in [4.69, 9.17) is 9.47 Å². The summed E-state index contributed by atoms with van der Waals surface area (Å²) in [5.41, 5.74) is 2.94. The molecule has 0 atom stereocenters. The van der Waals surface area contributed by atoms with Crippen LogP contribution in [0.1, 0.15) is 0 Å². The smallest absolute Gasteiger partial charge is 0.155 e. The molecule has 0 bridgehead atoms. The van der Waals surface area contributed by atoms with Gasteiger partial charge in [-0.1, -0.05) is 37.9 Å². The van der Waals surface area contributed by atoms with Crippen LogP contribution in [0.15, 0.2) is 63.5 Å². The molecule has 0 fully saturated rings. The standard InChI is InChI=1S/C18H9Br2NO2/c19-10-4-6-12-16(8-10)22-14-2-1-3-15-18(14)21(12)13-7-5-11(20)9-17(13)23-15/h1-9H. The molecule has 0 saturated carbocycles. The Morgan fingerprint density at radius 2 is 1.17 bits per heavy atom. The quantitative estimate of drug-likeness (QED) is 0.267. The molecule has 0 saturated heterocycles. The van der Waals surface area contributed by atoms with Gasteiger partial charge < -0.3 is 9.47 Å². The third-order valence-electron chi connectivity index (χ3n) is 3.95. The minimum Gasteiger partial charge on any atom is -0.453 e. The normalized spacial score (nSPS) is 13.4. The summed E-state index contributed by atoms with van der Waals surface area (Å²) in [6.45, 7) is 0. The van der Waals surface area contributed by atoms with Crippen molar-refractivity contribution in [2.45, 2.75) is 0 Å². The van der Waals surface area contributed by atoms with E-state index in [0.717, 1.165) is 49.0 Å². The molecule has 5 heteroatoms. The highest BCUT2D eigenvalue weighted by Gasteiger charge is 2.34. The van der Waals surface area contributed by atoms with Crippen molar-refractivity contribution in [3.63, 3.8) is 0 Å². The summed E-state index contributed by atoms with van der Waals surface area (Å²) in [5, 5.41) is 0. The van der Waals surface area contributed by atoms with Crippen molar-refractivity contribution in [1.29, 1.82) is 0 Å². The lowest BCUT2D eigenvalue weighted by Crippen LogP contribution is -2.20. The van der Waals surface area contributed by atoms with Gasteiger partial charge in [-0.3, -0.25) is 4.90 Å². The third-order valence-corrected chi connectivity index (χ3v) is 4.94. The molecule has 0 amide bonds. The average molecular weight is 431 g/mol. The highest BCUT2D eigenvalue weighted by atomic mass is 79.9. The summed E-state index contributed by atoms with van der Waals surface area (Å²) in [6.07, 6.45) is 0. The predicted molar refractivity (Wildman–Crippen MR) is 96.7 cm³/mol. The fourth-order valence-corrected chi connectivity index (χ4v) is 3.68. The first-order valence-electron chi connectivity index (χ1n) is 7.09. The van der Waals surface area contributed by atoms with E-state index in [1.165, 1.54) is 0 Å². The zero-order valence-corrected chi connectivity index (χ0v) is 14.9. The van der Waals surface area contributed by atoms with Gasteiger partial charge in [-0.2, -0.15) is 0 Å². The third kappa shape index (κ3) is 1.93. The molecule has 2 aliphatic heterocycles. The minimum absolute atomic E-state index is 0.793. The van der Waals surface area contributed by atoms with Crippen LogP contribution in [0, 0.1) is 0 Å². The number of rotatable bonds is 0. The lowest BCUT2D eigenvalue weighted by atomic mass is 10.1. The van der Waals surface area contributed by atoms with Crippen molar-refractivity contribution >= 4 is 48.9 Å². The number of nitrogens with zero attached hydrogens (tertiary/aromatic N) is 1. The Kier molecular flexibility index (Phi) is 2.78. The van der Waals surface area contributed by atoms with Crippen LogP contribution >= 0.6 is 31.9 Å². The Hall–Kier alpha value is -1.98. The second-order valence-electron chi connectivity index (χ2n) is 5.37. The molecule has 5 rings (SSSR count). The van der Waals surface area contributed by atoms with E-state index in [9.17, 15) is 0 Å². The summed E-state index contributed by atoms with van der Waals surface area (Å²) >= 11 is 7.03. The molecule has 112 valence electrons. The average Bonchev–Trinajstić information content (AvgIpc) is 2.54. The van der Waals surface area contributed by atoms with E-state index in [-0.39, 0.29) is 0 Å². The highest BCUT2D eigenvalue weighted by molar-refractivity contribution is 9.10. The zero-order chi connectivity index (χ0) is 15.6. The monoisotopic (exact) mass is 429 g/mol. The molecular formula is C18H9Br2NO2. The van der Waals surface area contributed by atoms with Gasteiger partial charge in [0.05, 0.1) is 11.4 Å². The van der Waals surface area contributed by atoms with Gasteiger partial charge in [0, 0.05) is 8.95 Å². The summed E-state index contributed by atoms with van der Waals surface area (Å²) in [5.74, 6) is 3.22. The van der Waals surface area contributed by atoms with Crippen molar-refractivity contribution < 1.29 is 9.47 Å². The molecule has 2 aliphatic rings. The van der Waals surface area contributed by atoms with Gasteiger partial charge in [0.25, 0.3) is 0 Å². The summed E-state index contributed by atoms with van der Waals surface area (Å²) in [6, 6.07) is 18.0. The number of hydrogen-bond acceptors (Lipinski definition) is 3. The van der Waals surface area contributed by atoms with Gasteiger partial charge in [0.2, 0.25) is 0 Å². The van der Waals surface area contributed by atoms with Gasteiger partial charge in [-0.05, 0) is 48.5 Å². The molecular weight excluding hydrogens is 422 g/mol. The molecule has 3 nitrogen and oxygen atoms in total. The summed E-state index contributed by atoms with van der Waals surface area (Å²) < 4.78 is 14.1. The summed E-state index contributed by atoms with van der Waals surface area (Å²) in [7, 11) is 0. The van der Waals surface area contributed by atoms with Crippen LogP contribution in [0.4, 0.5) is 17.1 Å². The lowest BCUT2D eigenvalue weighted by molar-refractivity contribution is 0.445. The van der Waals surface area contributed by atoms with Crippen LogP contribution in [0.3, 0.4) is 0 Å². The van der Waals surface area contributed by atoms with Crippen molar-refractivity contribution in [2.24, 2.45) is 0 Å². The largest absolute Gasteiger partial charge is 0.453 e. The van der Waals surface area contributed by atoms with E-state index in [0.29, 0.717) is 0 Å². The number of para-hydroxylation sites is 1. The van der Waals surface area contributed by atoms with Crippen LogP contribution < -0.4 is 14.4 Å². The van der Waals surface area contributed by atoms with Crippen molar-refractivity contribution in [3.8, 4) is 23.0 Å². The Bertz CT molecular complexity index is 897. The highest BCUT2D eigenvalue weighted by Crippen LogP contribution is 2.59. The van der Waals surface area contributed by atoms with E-state index in [1.807, 2.05) is 42.5 Å². The van der Waals surface area contributed by atoms with E-state index >= 15 is 0 Å². The molecule has 0 unspecified atom stereocenters. The van der Waals surface area contributed by atoms with Crippen molar-refractivity contribution in [1.82, 2.24) is 0 Å². The number of anilines is 3. The molecule has 23 heavy (non-hydrogen) atoms. The van der Waals surface area contributed by atoms with Gasteiger partial charge >= 0.3 is 0 Å². The van der Waals surface area contributed by atoms with Gasteiger partial charge in [0.15, 0.2) is 23.0 Å². The molecule has 0 aliphatic carbocycles. The van der Waals surface area contributed by atoms with Gasteiger partial charge in [-0.15, -0.1) is 0 Å². The lowest BCUT2D eigenvalue weighted by Gasteiger charge is -2.37. The topological polar surface area (TPSA) is 21.7 Å². The molecule has 2 heterocycles. The first-order valence-corrected chi connectivity index (χ1v) is 8.67. The fourth-order valence-electron chi connectivity index (χ4n) is 3.00. The Morgan fingerprint density at radius 3 is 1.70 bits per heavy atom. The maximum absolute atomic E-state index is 6.08. The first-order chi connectivity index (χ1) is 11.2. The number of ether oxygens (including phenoxy) is 2. The molecule has 0 aromatic heterocycles. The molecule has 0 radical (unpaired) electrons. The van der Waals surface area contributed by atoms with E-state index in [1.54, 1.807) is 0 Å². The predicted octanol–water partition coefficient (Wildman–Crippen LogP) is 6.89. The SMILES string of the molecule is Brc1ccc2c(c1)Oc1cccc3c1N2c1ccc(Br)cc1O3. The number of fused-ring (bicyclic) bond motifs is 4. The molecule has 0 N–H and O–H groups in total. The van der Waals surface area contributed by atoms with Gasteiger partial charge in [-0.25, -0.2) is 0 Å². The fraction of sp³-hybridized carbons (Fsp3) is 0. The number of hydrogen-bond donors (Lipinski definition) is 0. The van der Waals surface area contributed by atoms with Crippen molar-refractivity contribution in [3.05, 3.63) is 63.5 Å². The second-order valence-corrected chi connectivity index (χ2v) is 7.20. The van der Waals surface area contributed by atoms with Crippen LogP contribution in [0.25, 0.3) is 0 Å². The second kappa shape index (κ2) is 4.76. The van der Waals surface area contributed by atoms with Gasteiger partial charge in [0.1, 0.15) is 5.69 Å². The van der Waals surface area contributed by atoms with Crippen LogP contribution in [0.5, 0.6) is 23.0 Å². The zero-order valence-electron chi connectivity index (χ0n) is 11.7. The Morgan fingerprint density at radius 1 is 0.652 bits per heavy atom.